The molecule has 30 heavy (non-hydrogen) atoms. The third-order valence-electron chi connectivity index (χ3n) is 3.70. The molecule has 0 unspecified atom stereocenters. The molecule has 10 heteroatoms. The highest BCUT2D eigenvalue weighted by Gasteiger charge is 2.06. The van der Waals surface area contributed by atoms with Crippen molar-refractivity contribution in [1.82, 2.24) is 9.97 Å². The van der Waals surface area contributed by atoms with Gasteiger partial charge in [0.2, 0.25) is 0 Å². The van der Waals surface area contributed by atoms with Crippen molar-refractivity contribution in [3.63, 3.8) is 0 Å². The molecule has 0 spiro atoms. The Morgan fingerprint density at radius 3 is 2.40 bits per heavy atom. The fourth-order valence-corrected chi connectivity index (χ4v) is 2.64. The van der Waals surface area contributed by atoms with E-state index in [0.29, 0.717) is 12.4 Å². The molecule has 0 atom stereocenters. The standard InChI is InChI=1S/C18H17BrN4O.C2H2O4/c1-13-11-17(20-9-8-14-3-2-10-23(24)12-14)22-18(21-13)15-4-6-16(19)7-5-15;3-1(4)2(5)6/h2-7,10-12H,8-9H2,1H3,(H,20,21,22);(H,3,4)(H,5,6). The molecule has 0 amide bonds. The van der Waals surface area contributed by atoms with Crippen LogP contribution in [0.3, 0.4) is 0 Å². The van der Waals surface area contributed by atoms with Crippen LogP contribution in [0.15, 0.2) is 59.3 Å². The van der Waals surface area contributed by atoms with Gasteiger partial charge < -0.3 is 20.7 Å². The molecule has 3 rings (SSSR count). The number of carboxylic acids is 2. The second kappa shape index (κ2) is 10.9. The molecule has 0 saturated carbocycles. The number of benzene rings is 1. The van der Waals surface area contributed by atoms with Crippen molar-refractivity contribution < 1.29 is 24.5 Å². The second-order valence-electron chi connectivity index (χ2n) is 6.08. The van der Waals surface area contributed by atoms with E-state index in [-0.39, 0.29) is 0 Å². The number of carboxylic acid groups (broad SMARTS) is 2. The molecule has 0 saturated heterocycles. The monoisotopic (exact) mass is 474 g/mol. The number of halogens is 1. The SMILES string of the molecule is Cc1cc(NCCc2ccc[n+]([O-])c2)nc(-c2ccc(Br)cc2)n1.O=C(O)C(=O)O. The van der Waals surface area contributed by atoms with Crippen LogP contribution in [0.25, 0.3) is 11.4 Å². The first-order valence-corrected chi connectivity index (χ1v) is 9.53. The number of nitrogens with one attached hydrogen (secondary N) is 1. The van der Waals surface area contributed by atoms with E-state index in [2.05, 4.69) is 31.2 Å². The van der Waals surface area contributed by atoms with Crippen LogP contribution in [0.5, 0.6) is 0 Å². The Bertz CT molecular complexity index is 1020. The number of pyridine rings is 1. The largest absolute Gasteiger partial charge is 0.619 e. The summed E-state index contributed by atoms with van der Waals surface area (Å²) in [7, 11) is 0. The van der Waals surface area contributed by atoms with Crippen molar-refractivity contribution in [1.29, 1.82) is 0 Å². The molecule has 9 nitrogen and oxygen atoms in total. The predicted molar refractivity (Wildman–Crippen MR) is 113 cm³/mol. The van der Waals surface area contributed by atoms with Gasteiger partial charge in [0.05, 0.1) is 0 Å². The number of hydrogen-bond donors (Lipinski definition) is 3. The zero-order valence-electron chi connectivity index (χ0n) is 15.9. The molecule has 156 valence electrons. The molecule has 2 heterocycles. The van der Waals surface area contributed by atoms with E-state index >= 15 is 0 Å². The van der Waals surface area contributed by atoms with Crippen LogP contribution in [-0.4, -0.2) is 38.7 Å². The van der Waals surface area contributed by atoms with Crippen molar-refractivity contribution in [2.75, 3.05) is 11.9 Å². The lowest BCUT2D eigenvalue weighted by Crippen LogP contribution is -2.25. The highest BCUT2D eigenvalue weighted by atomic mass is 79.9. The zero-order chi connectivity index (χ0) is 22.1. The average molecular weight is 475 g/mol. The van der Waals surface area contributed by atoms with Gasteiger partial charge in [0, 0.05) is 40.0 Å². The maximum atomic E-state index is 11.3. The van der Waals surface area contributed by atoms with Crippen molar-refractivity contribution in [3.8, 4) is 11.4 Å². The molecule has 0 radical (unpaired) electrons. The maximum Gasteiger partial charge on any atom is 0.414 e. The summed E-state index contributed by atoms with van der Waals surface area (Å²) in [4.78, 5) is 27.3. The van der Waals surface area contributed by atoms with Crippen LogP contribution in [0, 0.1) is 12.1 Å². The van der Waals surface area contributed by atoms with Gasteiger partial charge in [-0.3, -0.25) is 0 Å². The molecule has 0 bridgehead atoms. The molecular weight excluding hydrogens is 456 g/mol. The number of rotatable bonds is 5. The van der Waals surface area contributed by atoms with Crippen LogP contribution < -0.4 is 10.0 Å². The van der Waals surface area contributed by atoms with Crippen LogP contribution in [0.1, 0.15) is 11.3 Å². The first-order valence-electron chi connectivity index (χ1n) is 8.74. The lowest BCUT2D eigenvalue weighted by Gasteiger charge is -2.09. The summed E-state index contributed by atoms with van der Waals surface area (Å²) >= 11 is 3.43. The van der Waals surface area contributed by atoms with Crippen LogP contribution >= 0.6 is 15.9 Å². The Hall–Kier alpha value is -3.53. The molecule has 0 fully saturated rings. The molecule has 0 aliphatic rings. The Morgan fingerprint density at radius 2 is 1.80 bits per heavy atom. The lowest BCUT2D eigenvalue weighted by molar-refractivity contribution is -0.605. The second-order valence-corrected chi connectivity index (χ2v) is 7.00. The highest BCUT2D eigenvalue weighted by molar-refractivity contribution is 9.10. The van der Waals surface area contributed by atoms with Crippen molar-refractivity contribution in [3.05, 3.63) is 75.8 Å². The summed E-state index contributed by atoms with van der Waals surface area (Å²) in [5.41, 5.74) is 2.86. The minimum Gasteiger partial charge on any atom is -0.619 e. The molecule has 3 N–H and O–H groups in total. The summed E-state index contributed by atoms with van der Waals surface area (Å²) < 4.78 is 1.84. The summed E-state index contributed by atoms with van der Waals surface area (Å²) in [6.45, 7) is 2.65. The number of aromatic nitrogens is 3. The van der Waals surface area contributed by atoms with Crippen LogP contribution in [0.2, 0.25) is 0 Å². The molecule has 0 aliphatic heterocycles. The molecule has 1 aromatic carbocycles. The van der Waals surface area contributed by atoms with E-state index in [1.807, 2.05) is 43.3 Å². The maximum absolute atomic E-state index is 11.3. The van der Waals surface area contributed by atoms with E-state index in [0.717, 1.165) is 38.3 Å². The first-order chi connectivity index (χ1) is 14.2. The molecule has 0 aliphatic carbocycles. The van der Waals surface area contributed by atoms with Gasteiger partial charge in [-0.2, -0.15) is 4.73 Å². The first kappa shape index (κ1) is 22.8. The van der Waals surface area contributed by atoms with Crippen LogP contribution in [-0.2, 0) is 16.0 Å². The molecule has 2 aromatic heterocycles. The highest BCUT2D eigenvalue weighted by Crippen LogP contribution is 2.20. The van der Waals surface area contributed by atoms with Gasteiger partial charge in [-0.25, -0.2) is 19.6 Å². The lowest BCUT2D eigenvalue weighted by atomic mass is 10.2. The van der Waals surface area contributed by atoms with Gasteiger partial charge in [0.25, 0.3) is 0 Å². The van der Waals surface area contributed by atoms with Gasteiger partial charge in [-0.05, 0) is 31.5 Å². The average Bonchev–Trinajstić information content (AvgIpc) is 2.68. The summed E-state index contributed by atoms with van der Waals surface area (Å²) in [5, 5.41) is 29.4. The number of hydrogen-bond acceptors (Lipinski definition) is 6. The van der Waals surface area contributed by atoms with E-state index in [9.17, 15) is 5.21 Å². The Morgan fingerprint density at radius 1 is 1.13 bits per heavy atom. The Balaban J connectivity index is 0.000000469. The third-order valence-corrected chi connectivity index (χ3v) is 4.22. The van der Waals surface area contributed by atoms with Gasteiger partial charge in [-0.15, -0.1) is 0 Å². The minimum atomic E-state index is -1.82. The van der Waals surface area contributed by atoms with E-state index in [1.165, 1.54) is 6.20 Å². The fraction of sp³-hybridized carbons (Fsp3) is 0.150. The summed E-state index contributed by atoms with van der Waals surface area (Å²) in [6, 6.07) is 13.5. The minimum absolute atomic E-state index is 0.695. The number of nitrogens with zero attached hydrogens (tertiary/aromatic N) is 3. The molecular formula is C20H19BrN4O5. The normalized spacial score (nSPS) is 9.93. The number of aryl methyl sites for hydroxylation is 1. The topological polar surface area (TPSA) is 139 Å². The van der Waals surface area contributed by atoms with Crippen molar-refractivity contribution in [2.24, 2.45) is 0 Å². The summed E-state index contributed by atoms with van der Waals surface area (Å²) in [6.07, 6.45) is 3.81. The van der Waals surface area contributed by atoms with Gasteiger partial charge in [0.1, 0.15) is 5.82 Å². The Labute approximate surface area is 180 Å². The number of aliphatic carboxylic acids is 2. The van der Waals surface area contributed by atoms with Gasteiger partial charge in [-0.1, -0.05) is 28.1 Å². The Kier molecular flexibility index (Phi) is 8.24. The summed E-state index contributed by atoms with van der Waals surface area (Å²) in [5.74, 6) is -2.17. The van der Waals surface area contributed by atoms with E-state index in [4.69, 9.17) is 19.8 Å². The smallest absolute Gasteiger partial charge is 0.414 e. The van der Waals surface area contributed by atoms with E-state index in [1.54, 1.807) is 12.3 Å². The predicted octanol–water partition coefficient (Wildman–Crippen LogP) is 2.66. The van der Waals surface area contributed by atoms with Crippen molar-refractivity contribution in [2.45, 2.75) is 13.3 Å². The fourth-order valence-electron chi connectivity index (χ4n) is 2.37. The van der Waals surface area contributed by atoms with Gasteiger partial charge in [0.15, 0.2) is 18.2 Å². The van der Waals surface area contributed by atoms with Crippen molar-refractivity contribution >= 4 is 33.7 Å². The van der Waals surface area contributed by atoms with Crippen LogP contribution in [0.4, 0.5) is 5.82 Å². The quantitative estimate of drug-likeness (QED) is 0.291. The van der Waals surface area contributed by atoms with E-state index < -0.39 is 11.9 Å². The number of carbonyl (C=O) groups is 2. The zero-order valence-corrected chi connectivity index (χ0v) is 17.5. The molecule has 3 aromatic rings. The van der Waals surface area contributed by atoms with Gasteiger partial charge >= 0.3 is 11.9 Å². The third kappa shape index (κ3) is 7.47. The number of anilines is 1.